The predicted octanol–water partition coefficient (Wildman–Crippen LogP) is 5.24. The zero-order valence-corrected chi connectivity index (χ0v) is 18.4. The number of ether oxygens (including phenoxy) is 1. The largest absolute Gasteiger partial charge is 0.494 e. The number of carbonyl (C=O) groups is 2. The van der Waals surface area contributed by atoms with Gasteiger partial charge in [-0.1, -0.05) is 48.9 Å². The minimum Gasteiger partial charge on any atom is -0.494 e. The molecule has 1 aliphatic heterocycles. The molecular weight excluding hydrogens is 408 g/mol. The average molecular weight is 433 g/mol. The lowest BCUT2D eigenvalue weighted by Crippen LogP contribution is -2.31. The van der Waals surface area contributed by atoms with E-state index in [2.05, 4.69) is 5.32 Å². The van der Waals surface area contributed by atoms with E-state index in [4.69, 9.17) is 4.74 Å². The van der Waals surface area contributed by atoms with Gasteiger partial charge >= 0.3 is 0 Å². The van der Waals surface area contributed by atoms with E-state index in [-0.39, 0.29) is 18.4 Å². The number of benzene rings is 2. The van der Waals surface area contributed by atoms with Gasteiger partial charge in [0, 0.05) is 16.6 Å². The Morgan fingerprint density at radius 2 is 1.81 bits per heavy atom. The van der Waals surface area contributed by atoms with Crippen LogP contribution in [0.25, 0.3) is 5.57 Å². The molecule has 0 spiro atoms. The molecule has 31 heavy (non-hydrogen) atoms. The van der Waals surface area contributed by atoms with Crippen molar-refractivity contribution in [3.05, 3.63) is 87.7 Å². The molecule has 0 unspecified atom stereocenters. The lowest BCUT2D eigenvalue weighted by atomic mass is 10.1. The van der Waals surface area contributed by atoms with Gasteiger partial charge in [0.05, 0.1) is 18.7 Å². The Labute approximate surface area is 186 Å². The number of nitrogens with zero attached hydrogens (tertiary/aromatic N) is 1. The highest BCUT2D eigenvalue weighted by molar-refractivity contribution is 7.11. The Balaban J connectivity index is 1.65. The van der Waals surface area contributed by atoms with Crippen LogP contribution in [0.5, 0.6) is 5.75 Å². The third-order valence-electron chi connectivity index (χ3n) is 4.97. The van der Waals surface area contributed by atoms with Crippen LogP contribution in [0.2, 0.25) is 0 Å². The number of rotatable bonds is 8. The Kier molecular flexibility index (Phi) is 6.18. The van der Waals surface area contributed by atoms with Gasteiger partial charge in [-0.15, -0.1) is 11.3 Å². The SMILES string of the molecule is CCCOc1cccc(NC2=C(c3cccs3)C(=O)N(Cc3ccc(C)cc3)C2=O)c1. The second kappa shape index (κ2) is 9.18. The summed E-state index contributed by atoms with van der Waals surface area (Å²) in [5.74, 6) is 0.112. The molecule has 2 aromatic carbocycles. The predicted molar refractivity (Wildman–Crippen MR) is 124 cm³/mol. The number of thiophene rings is 1. The zero-order chi connectivity index (χ0) is 21.8. The number of carbonyl (C=O) groups excluding carboxylic acids is 2. The van der Waals surface area contributed by atoms with Gasteiger partial charge in [-0.25, -0.2) is 0 Å². The Bertz CT molecular complexity index is 1120. The molecule has 6 heteroatoms. The average Bonchev–Trinajstić information content (AvgIpc) is 3.37. The maximum atomic E-state index is 13.3. The van der Waals surface area contributed by atoms with E-state index >= 15 is 0 Å². The molecule has 1 aromatic heterocycles. The zero-order valence-electron chi connectivity index (χ0n) is 17.6. The molecule has 5 nitrogen and oxygen atoms in total. The Morgan fingerprint density at radius 1 is 1.00 bits per heavy atom. The summed E-state index contributed by atoms with van der Waals surface area (Å²) in [7, 11) is 0. The second-order valence-electron chi connectivity index (χ2n) is 7.41. The van der Waals surface area contributed by atoms with E-state index < -0.39 is 0 Å². The van der Waals surface area contributed by atoms with Gasteiger partial charge in [0.2, 0.25) is 0 Å². The van der Waals surface area contributed by atoms with Crippen molar-refractivity contribution in [3.8, 4) is 5.75 Å². The maximum absolute atomic E-state index is 13.3. The fourth-order valence-corrected chi connectivity index (χ4v) is 4.16. The van der Waals surface area contributed by atoms with Gasteiger partial charge < -0.3 is 10.1 Å². The molecule has 0 atom stereocenters. The van der Waals surface area contributed by atoms with Gasteiger partial charge in [-0.3, -0.25) is 14.5 Å². The molecule has 158 valence electrons. The molecule has 3 aromatic rings. The molecule has 0 radical (unpaired) electrons. The van der Waals surface area contributed by atoms with E-state index in [9.17, 15) is 9.59 Å². The summed E-state index contributed by atoms with van der Waals surface area (Å²) in [6.07, 6.45) is 0.909. The summed E-state index contributed by atoms with van der Waals surface area (Å²) < 4.78 is 5.70. The van der Waals surface area contributed by atoms with Crippen LogP contribution >= 0.6 is 11.3 Å². The quantitative estimate of drug-likeness (QED) is 0.495. The summed E-state index contributed by atoms with van der Waals surface area (Å²) in [5.41, 5.74) is 3.46. The first-order valence-electron chi connectivity index (χ1n) is 10.3. The monoisotopic (exact) mass is 432 g/mol. The number of aryl methyl sites for hydroxylation is 1. The van der Waals surface area contributed by atoms with Gasteiger partial charge in [0.1, 0.15) is 11.4 Å². The summed E-state index contributed by atoms with van der Waals surface area (Å²) in [6, 6.07) is 19.0. The number of amides is 2. The lowest BCUT2D eigenvalue weighted by Gasteiger charge is -2.15. The van der Waals surface area contributed by atoms with Crippen molar-refractivity contribution in [2.45, 2.75) is 26.8 Å². The number of hydrogen-bond acceptors (Lipinski definition) is 5. The third-order valence-corrected chi connectivity index (χ3v) is 5.86. The molecule has 0 fully saturated rings. The van der Waals surface area contributed by atoms with E-state index in [0.29, 0.717) is 23.6 Å². The van der Waals surface area contributed by atoms with Crippen LogP contribution in [0.4, 0.5) is 5.69 Å². The van der Waals surface area contributed by atoms with Crippen molar-refractivity contribution in [2.75, 3.05) is 11.9 Å². The van der Waals surface area contributed by atoms with Crippen LogP contribution < -0.4 is 10.1 Å². The molecule has 0 saturated heterocycles. The van der Waals surface area contributed by atoms with Crippen molar-refractivity contribution in [3.63, 3.8) is 0 Å². The Morgan fingerprint density at radius 3 is 2.52 bits per heavy atom. The van der Waals surface area contributed by atoms with Crippen LogP contribution in [-0.2, 0) is 16.1 Å². The van der Waals surface area contributed by atoms with Crippen LogP contribution in [0.15, 0.2) is 71.7 Å². The van der Waals surface area contributed by atoms with Crippen LogP contribution in [0.3, 0.4) is 0 Å². The molecule has 0 saturated carbocycles. The molecular formula is C25H24N2O3S. The smallest absolute Gasteiger partial charge is 0.278 e. The van der Waals surface area contributed by atoms with Crippen LogP contribution in [-0.4, -0.2) is 23.3 Å². The van der Waals surface area contributed by atoms with Crippen molar-refractivity contribution >= 4 is 34.4 Å². The molecule has 0 bridgehead atoms. The molecule has 2 heterocycles. The lowest BCUT2D eigenvalue weighted by molar-refractivity contribution is -0.137. The van der Waals surface area contributed by atoms with E-state index in [1.165, 1.54) is 16.2 Å². The first-order valence-corrected chi connectivity index (χ1v) is 11.1. The number of nitrogens with one attached hydrogen (secondary N) is 1. The van der Waals surface area contributed by atoms with Crippen LogP contribution in [0, 0.1) is 6.92 Å². The number of hydrogen-bond donors (Lipinski definition) is 1. The molecule has 1 N–H and O–H groups in total. The standard InChI is InChI=1S/C25H24N2O3S/c1-3-13-30-20-7-4-6-19(15-20)26-23-22(21-8-5-14-31-21)24(28)27(25(23)29)16-18-11-9-17(2)10-12-18/h4-12,14-15,26H,3,13,16H2,1-2H3. The highest BCUT2D eigenvalue weighted by Gasteiger charge is 2.39. The fraction of sp³-hybridized carbons (Fsp3) is 0.200. The van der Waals surface area contributed by atoms with Crippen molar-refractivity contribution in [2.24, 2.45) is 0 Å². The van der Waals surface area contributed by atoms with Crippen molar-refractivity contribution in [1.29, 1.82) is 0 Å². The second-order valence-corrected chi connectivity index (χ2v) is 8.36. The summed E-state index contributed by atoms with van der Waals surface area (Å²) >= 11 is 1.44. The number of anilines is 1. The first-order chi connectivity index (χ1) is 15.1. The maximum Gasteiger partial charge on any atom is 0.278 e. The summed E-state index contributed by atoms with van der Waals surface area (Å²) in [5, 5.41) is 5.10. The normalized spacial score (nSPS) is 13.8. The third kappa shape index (κ3) is 4.54. The number of imide groups is 1. The van der Waals surface area contributed by atoms with Crippen molar-refractivity contribution < 1.29 is 14.3 Å². The summed E-state index contributed by atoms with van der Waals surface area (Å²) in [6.45, 7) is 4.91. The minimum atomic E-state index is -0.325. The van der Waals surface area contributed by atoms with Gasteiger partial charge in [0.25, 0.3) is 11.8 Å². The van der Waals surface area contributed by atoms with E-state index in [0.717, 1.165) is 28.2 Å². The topological polar surface area (TPSA) is 58.6 Å². The highest BCUT2D eigenvalue weighted by Crippen LogP contribution is 2.34. The van der Waals surface area contributed by atoms with Gasteiger partial charge in [0.15, 0.2) is 0 Å². The van der Waals surface area contributed by atoms with E-state index in [1.807, 2.05) is 79.9 Å². The highest BCUT2D eigenvalue weighted by atomic mass is 32.1. The first kappa shape index (κ1) is 20.9. The van der Waals surface area contributed by atoms with Crippen LogP contribution in [0.1, 0.15) is 29.3 Å². The van der Waals surface area contributed by atoms with Crippen molar-refractivity contribution in [1.82, 2.24) is 4.90 Å². The molecule has 4 rings (SSSR count). The fourth-order valence-electron chi connectivity index (χ4n) is 3.39. The molecule has 2 amide bonds. The van der Waals surface area contributed by atoms with Gasteiger partial charge in [-0.05, 0) is 42.5 Å². The van der Waals surface area contributed by atoms with Gasteiger partial charge in [-0.2, -0.15) is 0 Å². The van der Waals surface area contributed by atoms with E-state index in [1.54, 1.807) is 0 Å². The summed E-state index contributed by atoms with van der Waals surface area (Å²) in [4.78, 5) is 28.7. The molecule has 1 aliphatic rings. The Hall–Kier alpha value is -3.38. The minimum absolute atomic E-state index is 0.234. The molecule has 0 aliphatic carbocycles.